The first kappa shape index (κ1) is 19.7. The van der Waals surface area contributed by atoms with Crippen molar-refractivity contribution in [2.45, 2.75) is 32.9 Å². The normalized spacial score (nSPS) is 16.1. The third-order valence-corrected chi connectivity index (χ3v) is 5.64. The lowest BCUT2D eigenvalue weighted by atomic mass is 10.0. The van der Waals surface area contributed by atoms with E-state index in [2.05, 4.69) is 65.6 Å². The number of rotatable bonds is 6. The zero-order chi connectivity index (χ0) is 20.2. The monoisotopic (exact) mass is 391 g/mol. The molecule has 0 aliphatic carbocycles. The van der Waals surface area contributed by atoms with Gasteiger partial charge in [-0.15, -0.1) is 0 Å². The Balaban J connectivity index is 1.35. The van der Waals surface area contributed by atoms with Gasteiger partial charge in [0.25, 0.3) is 5.91 Å². The highest BCUT2D eigenvalue weighted by molar-refractivity contribution is 5.94. The van der Waals surface area contributed by atoms with Crippen LogP contribution >= 0.6 is 0 Å². The first-order valence-corrected chi connectivity index (χ1v) is 10.4. The van der Waals surface area contributed by atoms with Crippen molar-refractivity contribution in [3.8, 4) is 0 Å². The van der Waals surface area contributed by atoms with Gasteiger partial charge in [-0.05, 0) is 49.1 Å². The molecule has 29 heavy (non-hydrogen) atoms. The molecule has 1 aliphatic rings. The van der Waals surface area contributed by atoms with Crippen LogP contribution in [-0.2, 0) is 17.7 Å². The molecule has 1 amide bonds. The van der Waals surface area contributed by atoms with E-state index in [-0.39, 0.29) is 11.9 Å². The summed E-state index contributed by atoms with van der Waals surface area (Å²) >= 11 is 0. The molecule has 1 atom stereocenters. The van der Waals surface area contributed by atoms with Crippen molar-refractivity contribution in [3.63, 3.8) is 0 Å². The molecule has 152 valence electrons. The predicted octanol–water partition coefficient (Wildman–Crippen LogP) is 3.67. The summed E-state index contributed by atoms with van der Waals surface area (Å²) in [5.74, 6) is -0.0218. The number of para-hydroxylation sites is 1. The molecule has 5 heteroatoms. The fourth-order valence-corrected chi connectivity index (χ4v) is 4.00. The van der Waals surface area contributed by atoms with Crippen LogP contribution in [0.1, 0.15) is 34.0 Å². The van der Waals surface area contributed by atoms with E-state index in [1.807, 2.05) is 12.1 Å². The van der Waals surface area contributed by atoms with Crippen LogP contribution in [0.5, 0.6) is 0 Å². The number of aryl methyl sites for hydroxylation is 1. The minimum absolute atomic E-state index is 0.0218. The fraction of sp³-hybridized carbons (Fsp3) is 0.375. The van der Waals surface area contributed by atoms with E-state index in [9.17, 15) is 4.79 Å². The lowest BCUT2D eigenvalue weighted by molar-refractivity contribution is 0.0342. The van der Waals surface area contributed by atoms with E-state index in [1.54, 1.807) is 0 Å². The van der Waals surface area contributed by atoms with Crippen molar-refractivity contribution in [2.24, 2.45) is 0 Å². The average Bonchev–Trinajstić information content (AvgIpc) is 3.13. The molecule has 1 aliphatic heterocycles. The number of morpholine rings is 1. The van der Waals surface area contributed by atoms with Crippen molar-refractivity contribution >= 4 is 16.8 Å². The zero-order valence-electron chi connectivity index (χ0n) is 17.2. The molecule has 4 rings (SSSR count). The smallest absolute Gasteiger partial charge is 0.251 e. The van der Waals surface area contributed by atoms with Gasteiger partial charge in [0.15, 0.2) is 0 Å². The third kappa shape index (κ3) is 4.69. The molecule has 0 radical (unpaired) electrons. The molecule has 0 unspecified atom stereocenters. The molecule has 2 N–H and O–H groups in total. The van der Waals surface area contributed by atoms with Crippen molar-refractivity contribution in [1.82, 2.24) is 15.2 Å². The number of amides is 1. The summed E-state index contributed by atoms with van der Waals surface area (Å²) in [6, 6.07) is 14.3. The van der Waals surface area contributed by atoms with Crippen LogP contribution in [0.2, 0.25) is 0 Å². The number of aromatic amines is 1. The van der Waals surface area contributed by atoms with Gasteiger partial charge in [-0.25, -0.2) is 0 Å². The summed E-state index contributed by atoms with van der Waals surface area (Å²) in [5, 5.41) is 4.37. The number of nitrogens with zero attached hydrogens (tertiary/aromatic N) is 1. The first-order valence-electron chi connectivity index (χ1n) is 10.4. The van der Waals surface area contributed by atoms with E-state index >= 15 is 0 Å². The van der Waals surface area contributed by atoms with Gasteiger partial charge in [0, 0.05) is 48.3 Å². The number of fused-ring (bicyclic) bond motifs is 1. The molecule has 1 aromatic heterocycles. The number of aromatic nitrogens is 1. The van der Waals surface area contributed by atoms with E-state index in [4.69, 9.17) is 4.74 Å². The minimum atomic E-state index is -0.0218. The van der Waals surface area contributed by atoms with Gasteiger partial charge >= 0.3 is 0 Å². The van der Waals surface area contributed by atoms with Crippen molar-refractivity contribution < 1.29 is 9.53 Å². The Morgan fingerprint density at radius 3 is 2.69 bits per heavy atom. The number of benzene rings is 2. The van der Waals surface area contributed by atoms with E-state index in [0.29, 0.717) is 5.56 Å². The highest BCUT2D eigenvalue weighted by atomic mass is 16.5. The van der Waals surface area contributed by atoms with Crippen LogP contribution < -0.4 is 5.32 Å². The Labute approximate surface area is 172 Å². The molecule has 2 heterocycles. The molecule has 1 fully saturated rings. The number of carbonyl (C=O) groups excluding carboxylic acids is 1. The van der Waals surface area contributed by atoms with Gasteiger partial charge in [0.2, 0.25) is 0 Å². The van der Waals surface area contributed by atoms with Crippen LogP contribution in [0.3, 0.4) is 0 Å². The van der Waals surface area contributed by atoms with Crippen LogP contribution in [-0.4, -0.2) is 48.1 Å². The molecule has 1 saturated heterocycles. The van der Waals surface area contributed by atoms with E-state index in [1.165, 1.54) is 27.6 Å². The van der Waals surface area contributed by atoms with Gasteiger partial charge < -0.3 is 15.0 Å². The number of ether oxygens (including phenoxy) is 1. The van der Waals surface area contributed by atoms with Gasteiger partial charge in [0.05, 0.1) is 13.2 Å². The average molecular weight is 392 g/mol. The number of carbonyl (C=O) groups is 1. The van der Waals surface area contributed by atoms with Crippen molar-refractivity contribution in [3.05, 3.63) is 70.9 Å². The lowest BCUT2D eigenvalue weighted by Crippen LogP contribution is -2.35. The van der Waals surface area contributed by atoms with Crippen molar-refractivity contribution in [2.75, 3.05) is 26.3 Å². The molecular formula is C24H29N3O2. The Bertz CT molecular complexity index is 971. The summed E-state index contributed by atoms with van der Waals surface area (Å²) < 4.78 is 5.40. The molecule has 5 nitrogen and oxygen atoms in total. The summed E-state index contributed by atoms with van der Waals surface area (Å²) in [4.78, 5) is 18.4. The molecule has 0 bridgehead atoms. The van der Waals surface area contributed by atoms with Crippen molar-refractivity contribution in [1.29, 1.82) is 0 Å². The maximum atomic E-state index is 12.7. The number of nitrogens with one attached hydrogen (secondary N) is 2. The van der Waals surface area contributed by atoms with E-state index in [0.717, 1.165) is 39.3 Å². The number of hydrogen-bond donors (Lipinski definition) is 2. The maximum Gasteiger partial charge on any atom is 0.251 e. The second-order valence-corrected chi connectivity index (χ2v) is 7.98. The molecule has 2 aromatic carbocycles. The topological polar surface area (TPSA) is 57.4 Å². The first-order chi connectivity index (χ1) is 14.1. The van der Waals surface area contributed by atoms with Gasteiger partial charge in [-0.3, -0.25) is 9.69 Å². The van der Waals surface area contributed by atoms with Gasteiger partial charge in [0.1, 0.15) is 0 Å². The largest absolute Gasteiger partial charge is 0.379 e. The Kier molecular flexibility index (Phi) is 5.97. The van der Waals surface area contributed by atoms with Gasteiger partial charge in [-0.1, -0.05) is 30.3 Å². The SMILES string of the molecule is Cc1cccc2c(C[C@@H](C)NC(=O)c3ccc(CN4CCOCC4)cc3)c[nH]c12. The number of hydrogen-bond acceptors (Lipinski definition) is 3. The highest BCUT2D eigenvalue weighted by Crippen LogP contribution is 2.22. The minimum Gasteiger partial charge on any atom is -0.379 e. The Morgan fingerprint density at radius 1 is 1.17 bits per heavy atom. The molecular weight excluding hydrogens is 362 g/mol. The highest BCUT2D eigenvalue weighted by Gasteiger charge is 2.14. The van der Waals surface area contributed by atoms with Crippen LogP contribution in [0.4, 0.5) is 0 Å². The van der Waals surface area contributed by atoms with Crippen LogP contribution in [0.15, 0.2) is 48.7 Å². The summed E-state index contributed by atoms with van der Waals surface area (Å²) in [5.41, 5.74) is 5.58. The summed E-state index contributed by atoms with van der Waals surface area (Å²) in [6.45, 7) is 8.60. The predicted molar refractivity (Wildman–Crippen MR) is 116 cm³/mol. The molecule has 3 aromatic rings. The standard InChI is InChI=1S/C24H29N3O2/c1-17-4-3-5-22-21(15-25-23(17)22)14-18(2)26-24(28)20-8-6-19(7-9-20)16-27-10-12-29-13-11-27/h3-9,15,18,25H,10-14,16H2,1-2H3,(H,26,28)/t18-/m1/s1. The summed E-state index contributed by atoms with van der Waals surface area (Å²) in [7, 11) is 0. The molecule has 0 saturated carbocycles. The Morgan fingerprint density at radius 2 is 1.93 bits per heavy atom. The lowest BCUT2D eigenvalue weighted by Gasteiger charge is -2.26. The van der Waals surface area contributed by atoms with Gasteiger partial charge in [-0.2, -0.15) is 0 Å². The maximum absolute atomic E-state index is 12.7. The number of H-pyrrole nitrogens is 1. The molecule has 0 spiro atoms. The van der Waals surface area contributed by atoms with Crippen LogP contribution in [0.25, 0.3) is 10.9 Å². The van der Waals surface area contributed by atoms with E-state index < -0.39 is 0 Å². The van der Waals surface area contributed by atoms with Crippen LogP contribution in [0, 0.1) is 6.92 Å². The Hall–Kier alpha value is -2.63. The second kappa shape index (κ2) is 8.80. The quantitative estimate of drug-likeness (QED) is 0.674. The fourth-order valence-electron chi connectivity index (χ4n) is 4.00. The third-order valence-electron chi connectivity index (χ3n) is 5.64. The second-order valence-electron chi connectivity index (χ2n) is 7.98. The summed E-state index contributed by atoms with van der Waals surface area (Å²) in [6.07, 6.45) is 2.85. The zero-order valence-corrected chi connectivity index (χ0v) is 17.2.